The van der Waals surface area contributed by atoms with Crippen molar-refractivity contribution >= 4 is 17.2 Å². The molecule has 0 aliphatic carbocycles. The molecule has 0 saturated carbocycles. The first kappa shape index (κ1) is 16.3. The predicted octanol–water partition coefficient (Wildman–Crippen LogP) is 0.957. The second kappa shape index (κ2) is 6.79. The van der Waals surface area contributed by atoms with E-state index in [2.05, 4.69) is 9.80 Å². The highest BCUT2D eigenvalue weighted by atomic mass is 32.1. The van der Waals surface area contributed by atoms with E-state index < -0.39 is 5.82 Å². The maximum Gasteiger partial charge on any atom is 0.133 e. The molecular weight excluding hydrogens is 289 g/mol. The largest absolute Gasteiger partial charge is 0.392 e. The molecule has 116 valence electrons. The van der Waals surface area contributed by atoms with Crippen molar-refractivity contribution in [3.05, 3.63) is 35.1 Å². The van der Waals surface area contributed by atoms with Gasteiger partial charge in [-0.25, -0.2) is 4.39 Å². The average Bonchev–Trinajstić information content (AvgIpc) is 2.70. The zero-order valence-corrected chi connectivity index (χ0v) is 13.2. The Balaban J connectivity index is 2.13. The normalized spacial score (nSPS) is 22.9. The van der Waals surface area contributed by atoms with Gasteiger partial charge in [-0.15, -0.1) is 0 Å². The van der Waals surface area contributed by atoms with Crippen LogP contribution in [0.2, 0.25) is 0 Å². The van der Waals surface area contributed by atoms with Gasteiger partial charge in [0.15, 0.2) is 0 Å². The summed E-state index contributed by atoms with van der Waals surface area (Å²) in [5, 5.41) is 9.89. The molecule has 2 atom stereocenters. The second-order valence-corrected chi connectivity index (χ2v) is 6.35. The van der Waals surface area contributed by atoms with Gasteiger partial charge in [-0.1, -0.05) is 18.3 Å². The van der Waals surface area contributed by atoms with Gasteiger partial charge < -0.3 is 15.7 Å². The number of β-amino-alcohol motifs (C(OH)–C–C–N with tert-alkyl or cyclic N) is 1. The Morgan fingerprint density at radius 1 is 1.52 bits per heavy atom. The summed E-state index contributed by atoms with van der Waals surface area (Å²) < 4.78 is 13.6. The Kier molecular flexibility index (Phi) is 5.27. The number of thiocarbonyl (C=S) groups is 1. The van der Waals surface area contributed by atoms with Crippen LogP contribution in [0.5, 0.6) is 0 Å². The molecule has 1 aliphatic heterocycles. The van der Waals surface area contributed by atoms with E-state index in [1.54, 1.807) is 12.1 Å². The molecule has 3 N–H and O–H groups in total. The number of hydrogen-bond donors (Lipinski definition) is 2. The Morgan fingerprint density at radius 3 is 2.86 bits per heavy atom. The van der Waals surface area contributed by atoms with Crippen LogP contribution in [0.4, 0.5) is 4.39 Å². The van der Waals surface area contributed by atoms with E-state index >= 15 is 0 Å². The van der Waals surface area contributed by atoms with Crippen molar-refractivity contribution in [2.75, 3.05) is 27.2 Å². The quantitative estimate of drug-likeness (QED) is 0.793. The van der Waals surface area contributed by atoms with Crippen molar-refractivity contribution in [3.63, 3.8) is 0 Å². The molecule has 1 saturated heterocycles. The van der Waals surface area contributed by atoms with Crippen LogP contribution in [0.15, 0.2) is 18.2 Å². The summed E-state index contributed by atoms with van der Waals surface area (Å²) in [7, 11) is 4.04. The molecule has 21 heavy (non-hydrogen) atoms. The van der Waals surface area contributed by atoms with Gasteiger partial charge in [0.2, 0.25) is 0 Å². The molecule has 2 unspecified atom stereocenters. The number of likely N-dealkylation sites (tertiary alicyclic amines) is 1. The predicted molar refractivity (Wildman–Crippen MR) is 85.7 cm³/mol. The van der Waals surface area contributed by atoms with E-state index in [-0.39, 0.29) is 16.7 Å². The number of benzene rings is 1. The molecule has 4 nitrogen and oxygen atoms in total. The van der Waals surface area contributed by atoms with Gasteiger partial charge in [-0.3, -0.25) is 4.90 Å². The molecule has 0 spiro atoms. The maximum absolute atomic E-state index is 13.6. The smallest absolute Gasteiger partial charge is 0.133 e. The third-order valence-electron chi connectivity index (χ3n) is 3.76. The molecule has 0 aromatic heterocycles. The van der Waals surface area contributed by atoms with Crippen molar-refractivity contribution in [1.29, 1.82) is 0 Å². The average molecular weight is 311 g/mol. The first-order valence-corrected chi connectivity index (χ1v) is 7.42. The summed E-state index contributed by atoms with van der Waals surface area (Å²) in [5.74, 6) is -0.391. The van der Waals surface area contributed by atoms with Crippen LogP contribution in [0.25, 0.3) is 0 Å². The molecule has 1 fully saturated rings. The van der Waals surface area contributed by atoms with Crippen LogP contribution in [-0.4, -0.2) is 59.2 Å². The third kappa shape index (κ3) is 4.20. The maximum atomic E-state index is 13.6. The Morgan fingerprint density at radius 2 is 2.24 bits per heavy atom. The van der Waals surface area contributed by atoms with Gasteiger partial charge in [0.05, 0.1) is 6.10 Å². The van der Waals surface area contributed by atoms with E-state index in [0.29, 0.717) is 19.1 Å². The summed E-state index contributed by atoms with van der Waals surface area (Å²) in [5.41, 5.74) is 6.78. The van der Waals surface area contributed by atoms with Crippen molar-refractivity contribution in [1.82, 2.24) is 9.80 Å². The zero-order valence-electron chi connectivity index (χ0n) is 12.4. The topological polar surface area (TPSA) is 52.7 Å². The van der Waals surface area contributed by atoms with E-state index in [9.17, 15) is 9.50 Å². The molecule has 1 heterocycles. The van der Waals surface area contributed by atoms with Crippen LogP contribution >= 0.6 is 12.2 Å². The van der Waals surface area contributed by atoms with Crippen LogP contribution in [0, 0.1) is 5.82 Å². The van der Waals surface area contributed by atoms with Gasteiger partial charge in [0.1, 0.15) is 10.8 Å². The third-order valence-corrected chi connectivity index (χ3v) is 3.98. The van der Waals surface area contributed by atoms with Gasteiger partial charge >= 0.3 is 0 Å². The van der Waals surface area contributed by atoms with Crippen LogP contribution < -0.4 is 5.73 Å². The van der Waals surface area contributed by atoms with Crippen LogP contribution in [-0.2, 0) is 6.54 Å². The lowest BCUT2D eigenvalue weighted by Gasteiger charge is -2.26. The lowest BCUT2D eigenvalue weighted by molar-refractivity contribution is 0.169. The van der Waals surface area contributed by atoms with E-state index in [4.69, 9.17) is 18.0 Å². The number of aliphatic hydroxyl groups is 1. The Bertz CT molecular complexity index is 524. The molecule has 2 rings (SSSR count). The Labute approximate surface area is 130 Å². The van der Waals surface area contributed by atoms with E-state index in [1.165, 1.54) is 6.07 Å². The van der Waals surface area contributed by atoms with Crippen molar-refractivity contribution < 1.29 is 9.50 Å². The second-order valence-electron chi connectivity index (χ2n) is 5.91. The van der Waals surface area contributed by atoms with Crippen LogP contribution in [0.3, 0.4) is 0 Å². The molecule has 0 bridgehead atoms. The number of aliphatic hydroxyl groups excluding tert-OH is 1. The van der Waals surface area contributed by atoms with Gasteiger partial charge in [-0.2, -0.15) is 0 Å². The summed E-state index contributed by atoms with van der Waals surface area (Å²) >= 11 is 4.87. The van der Waals surface area contributed by atoms with Crippen molar-refractivity contribution in [2.45, 2.75) is 25.1 Å². The number of hydrogen-bond acceptors (Lipinski definition) is 4. The number of halogens is 1. The number of likely N-dealkylation sites (N-methyl/N-ethyl adjacent to an activating group) is 1. The van der Waals surface area contributed by atoms with E-state index in [1.807, 2.05) is 14.1 Å². The highest BCUT2D eigenvalue weighted by Gasteiger charge is 2.31. The monoisotopic (exact) mass is 311 g/mol. The number of nitrogens with zero attached hydrogens (tertiary/aromatic N) is 2. The molecule has 0 radical (unpaired) electrons. The molecule has 6 heteroatoms. The first-order valence-electron chi connectivity index (χ1n) is 7.02. The van der Waals surface area contributed by atoms with Gasteiger partial charge in [0, 0.05) is 31.2 Å². The Hall–Kier alpha value is -1.08. The minimum atomic E-state index is -0.391. The molecule has 0 amide bonds. The number of rotatable bonds is 5. The summed E-state index contributed by atoms with van der Waals surface area (Å²) in [4.78, 5) is 4.41. The standard InChI is InChI=1S/C15H22FN3OS/c1-18(2)8-11-6-12(20)9-19(11)7-10-3-4-14(16)13(5-10)15(17)21/h3-5,11-12,20H,6-9H2,1-2H3,(H2,17,21). The van der Waals surface area contributed by atoms with Crippen molar-refractivity contribution in [2.24, 2.45) is 5.73 Å². The SMILES string of the molecule is CN(C)CC1CC(O)CN1Cc1ccc(F)c(C(N)=S)c1. The lowest BCUT2D eigenvalue weighted by atomic mass is 10.1. The molecule has 1 aromatic rings. The van der Waals surface area contributed by atoms with Crippen molar-refractivity contribution in [3.8, 4) is 0 Å². The molecule has 1 aliphatic rings. The summed E-state index contributed by atoms with van der Waals surface area (Å²) in [6, 6.07) is 5.15. The summed E-state index contributed by atoms with van der Waals surface area (Å²) in [6.45, 7) is 2.18. The fraction of sp³-hybridized carbons (Fsp3) is 0.533. The minimum Gasteiger partial charge on any atom is -0.392 e. The highest BCUT2D eigenvalue weighted by Crippen LogP contribution is 2.22. The number of nitrogens with two attached hydrogens (primary N) is 1. The summed E-state index contributed by atoms with van der Waals surface area (Å²) in [6.07, 6.45) is 0.465. The minimum absolute atomic E-state index is 0.0700. The fourth-order valence-electron chi connectivity index (χ4n) is 2.86. The van der Waals surface area contributed by atoms with E-state index in [0.717, 1.165) is 18.5 Å². The van der Waals surface area contributed by atoms with Gasteiger partial charge in [0.25, 0.3) is 0 Å². The van der Waals surface area contributed by atoms with Gasteiger partial charge in [-0.05, 0) is 38.2 Å². The van der Waals surface area contributed by atoms with Crippen LogP contribution in [0.1, 0.15) is 17.5 Å². The molecular formula is C15H22FN3OS. The molecule has 1 aromatic carbocycles. The first-order chi connectivity index (χ1) is 9.86. The fourth-order valence-corrected chi connectivity index (χ4v) is 3.01. The zero-order chi connectivity index (χ0) is 15.6. The lowest BCUT2D eigenvalue weighted by Crippen LogP contribution is -2.37. The highest BCUT2D eigenvalue weighted by molar-refractivity contribution is 7.80.